The van der Waals surface area contributed by atoms with Crippen LogP contribution in [0.15, 0.2) is 99.2 Å². The predicted molar refractivity (Wildman–Crippen MR) is 144 cm³/mol. The maximum Gasteiger partial charge on any atom is 0.324 e. The van der Waals surface area contributed by atoms with Crippen LogP contribution in [-0.2, 0) is 11.3 Å². The Kier molecular flexibility index (Phi) is 5.17. The molecule has 36 heavy (non-hydrogen) atoms. The van der Waals surface area contributed by atoms with E-state index < -0.39 is 11.3 Å². The van der Waals surface area contributed by atoms with Crippen LogP contribution in [0.4, 0.5) is 4.79 Å². The maximum absolute atomic E-state index is 13.7. The number of benzene rings is 3. The van der Waals surface area contributed by atoms with Gasteiger partial charge in [0.1, 0.15) is 0 Å². The van der Waals surface area contributed by atoms with E-state index in [1.807, 2.05) is 91.0 Å². The summed E-state index contributed by atoms with van der Waals surface area (Å²) in [7, 11) is 3.51. The summed E-state index contributed by atoms with van der Waals surface area (Å²) in [5.41, 5.74) is 3.50. The molecule has 1 saturated heterocycles. The van der Waals surface area contributed by atoms with Crippen LogP contribution in [0.25, 0.3) is 6.08 Å². The standard InChI is InChI=1S/C27H22BrN5O2S/c1-31-25(35)32(2)27(20-11-7-4-8-12-20)26(31,19-9-5-3-6-10-19)29-24-33(30-27)23(34)22(36-24)17-18-13-15-21(28)16-14-18/h3-17,30H,1-2H3/b22-17+/t26-,27-/m1/s1. The molecule has 3 heterocycles. The third kappa shape index (κ3) is 2.99. The first-order chi connectivity index (χ1) is 17.4. The van der Waals surface area contributed by atoms with Crippen molar-refractivity contribution in [1.29, 1.82) is 0 Å². The van der Waals surface area contributed by atoms with Gasteiger partial charge in [0.2, 0.25) is 16.1 Å². The number of likely N-dealkylation sites (N-methyl/N-ethyl adjacent to an activating group) is 2. The number of rotatable bonds is 3. The molecule has 2 aliphatic heterocycles. The number of amides is 2. The van der Waals surface area contributed by atoms with E-state index in [0.29, 0.717) is 9.33 Å². The third-order valence-corrected chi connectivity index (χ3v) is 8.44. The van der Waals surface area contributed by atoms with E-state index >= 15 is 0 Å². The lowest BCUT2D eigenvalue weighted by molar-refractivity contribution is 0.0648. The fourth-order valence-corrected chi connectivity index (χ4v) is 6.46. The molecule has 7 nitrogen and oxygen atoms in total. The van der Waals surface area contributed by atoms with Crippen molar-refractivity contribution in [2.45, 2.75) is 11.3 Å². The molecule has 0 bridgehead atoms. The Hall–Kier alpha value is -3.69. The number of halogens is 1. The van der Waals surface area contributed by atoms with Gasteiger partial charge in [-0.2, -0.15) is 4.68 Å². The average molecular weight is 560 g/mol. The highest BCUT2D eigenvalue weighted by Crippen LogP contribution is 2.53. The molecule has 0 radical (unpaired) electrons. The van der Waals surface area contributed by atoms with Crippen LogP contribution in [-0.4, -0.2) is 34.6 Å². The van der Waals surface area contributed by atoms with Crippen LogP contribution in [0.3, 0.4) is 0 Å². The van der Waals surface area contributed by atoms with E-state index in [-0.39, 0.29) is 11.6 Å². The van der Waals surface area contributed by atoms with Crippen molar-refractivity contribution < 1.29 is 4.79 Å². The maximum atomic E-state index is 13.7. The average Bonchev–Trinajstić information content (AvgIpc) is 3.29. The fraction of sp³-hybridized carbons (Fsp3) is 0.148. The summed E-state index contributed by atoms with van der Waals surface area (Å²) < 4.78 is 3.00. The van der Waals surface area contributed by atoms with Gasteiger partial charge in [-0.05, 0) is 23.8 Å². The predicted octanol–water partition coefficient (Wildman–Crippen LogP) is 3.38. The smallest absolute Gasteiger partial charge is 0.295 e. The molecule has 9 heteroatoms. The number of urea groups is 1. The van der Waals surface area contributed by atoms with Crippen molar-refractivity contribution in [1.82, 2.24) is 14.5 Å². The largest absolute Gasteiger partial charge is 0.324 e. The fourth-order valence-electron chi connectivity index (χ4n) is 5.23. The number of fused-ring (bicyclic) bond motifs is 2. The van der Waals surface area contributed by atoms with Crippen molar-refractivity contribution in [2.24, 2.45) is 4.99 Å². The van der Waals surface area contributed by atoms with Gasteiger partial charge in [0.05, 0.1) is 4.53 Å². The SMILES string of the molecule is CN1C(=O)N(C)[C@@]2(c3ccccc3)Nn3c(s/c(=C/c4ccc(Br)cc4)c3=O)=N[C@]12c1ccccc1. The second-order valence-corrected chi connectivity index (χ2v) is 10.7. The number of thiazole rings is 1. The van der Waals surface area contributed by atoms with E-state index in [0.717, 1.165) is 21.2 Å². The summed E-state index contributed by atoms with van der Waals surface area (Å²) in [4.78, 5) is 36.3. The normalized spacial score (nSPS) is 23.2. The van der Waals surface area contributed by atoms with Crippen molar-refractivity contribution in [3.63, 3.8) is 0 Å². The zero-order chi connectivity index (χ0) is 25.1. The molecular formula is C27H22BrN5O2S. The molecule has 2 aliphatic rings. The number of nitrogens with zero attached hydrogens (tertiary/aromatic N) is 4. The molecule has 0 aliphatic carbocycles. The second kappa shape index (κ2) is 8.18. The molecule has 0 saturated carbocycles. The highest BCUT2D eigenvalue weighted by atomic mass is 79.9. The van der Waals surface area contributed by atoms with E-state index in [1.165, 1.54) is 16.0 Å². The van der Waals surface area contributed by atoms with Gasteiger partial charge in [-0.1, -0.05) is 100 Å². The summed E-state index contributed by atoms with van der Waals surface area (Å²) in [6, 6.07) is 27.0. The lowest BCUT2D eigenvalue weighted by Gasteiger charge is -2.49. The molecule has 1 aromatic heterocycles. The highest BCUT2D eigenvalue weighted by molar-refractivity contribution is 9.10. The van der Waals surface area contributed by atoms with Crippen LogP contribution < -0.4 is 20.3 Å². The van der Waals surface area contributed by atoms with Gasteiger partial charge in [0.25, 0.3) is 5.56 Å². The van der Waals surface area contributed by atoms with Crippen LogP contribution in [0, 0.1) is 0 Å². The van der Waals surface area contributed by atoms with Gasteiger partial charge in [-0.25, -0.2) is 9.79 Å². The van der Waals surface area contributed by atoms with Gasteiger partial charge < -0.3 is 0 Å². The monoisotopic (exact) mass is 559 g/mol. The summed E-state index contributed by atoms with van der Waals surface area (Å²) in [5.74, 6) is 0. The highest BCUT2D eigenvalue weighted by Gasteiger charge is 2.69. The molecule has 2 amide bonds. The molecular weight excluding hydrogens is 538 g/mol. The van der Waals surface area contributed by atoms with E-state index in [2.05, 4.69) is 21.4 Å². The Morgan fingerprint density at radius 2 is 1.47 bits per heavy atom. The molecule has 3 aromatic carbocycles. The summed E-state index contributed by atoms with van der Waals surface area (Å²) in [6.45, 7) is 0. The Morgan fingerprint density at radius 3 is 2.11 bits per heavy atom. The summed E-state index contributed by atoms with van der Waals surface area (Å²) in [5, 5.41) is 0. The Morgan fingerprint density at radius 1 is 0.861 bits per heavy atom. The van der Waals surface area contributed by atoms with Crippen LogP contribution in [0.5, 0.6) is 0 Å². The van der Waals surface area contributed by atoms with Gasteiger partial charge in [-0.3, -0.25) is 20.0 Å². The van der Waals surface area contributed by atoms with Gasteiger partial charge in [-0.15, -0.1) is 0 Å². The molecule has 0 unspecified atom stereocenters. The first-order valence-electron chi connectivity index (χ1n) is 11.4. The lowest BCUT2D eigenvalue weighted by Crippen LogP contribution is -2.67. The molecule has 0 spiro atoms. The number of carbonyl (C=O) groups is 1. The van der Waals surface area contributed by atoms with Crippen molar-refractivity contribution in [3.05, 3.63) is 126 Å². The molecule has 4 aromatic rings. The van der Waals surface area contributed by atoms with E-state index in [4.69, 9.17) is 4.99 Å². The van der Waals surface area contributed by atoms with Gasteiger partial charge in [0, 0.05) is 29.7 Å². The van der Waals surface area contributed by atoms with E-state index in [1.54, 1.807) is 23.9 Å². The van der Waals surface area contributed by atoms with Crippen LogP contribution >= 0.6 is 27.3 Å². The van der Waals surface area contributed by atoms with Crippen molar-refractivity contribution in [2.75, 3.05) is 19.5 Å². The zero-order valence-electron chi connectivity index (χ0n) is 19.6. The Bertz CT molecular complexity index is 1650. The quantitative estimate of drug-likeness (QED) is 0.418. The van der Waals surface area contributed by atoms with Crippen molar-refractivity contribution in [3.8, 4) is 0 Å². The topological polar surface area (TPSA) is 69.9 Å². The molecule has 2 atom stereocenters. The van der Waals surface area contributed by atoms with E-state index in [9.17, 15) is 9.59 Å². The summed E-state index contributed by atoms with van der Waals surface area (Å²) in [6.07, 6.45) is 1.86. The molecule has 6 rings (SSSR count). The minimum atomic E-state index is -1.17. The van der Waals surface area contributed by atoms with Crippen LogP contribution in [0.2, 0.25) is 0 Å². The summed E-state index contributed by atoms with van der Waals surface area (Å²) >= 11 is 4.75. The third-order valence-electron chi connectivity index (χ3n) is 6.94. The first kappa shape index (κ1) is 22.8. The van der Waals surface area contributed by atoms with Crippen molar-refractivity contribution >= 4 is 39.4 Å². The number of nitrogens with one attached hydrogen (secondary N) is 1. The zero-order valence-corrected chi connectivity index (χ0v) is 22.0. The first-order valence-corrected chi connectivity index (χ1v) is 13.0. The molecule has 1 N–H and O–H groups in total. The number of carbonyl (C=O) groups excluding carboxylic acids is 1. The number of hydrogen-bond acceptors (Lipinski definition) is 5. The Balaban J connectivity index is 1.70. The second-order valence-electron chi connectivity index (χ2n) is 8.82. The van der Waals surface area contributed by atoms with Crippen LogP contribution in [0.1, 0.15) is 16.7 Å². The van der Waals surface area contributed by atoms with Gasteiger partial charge in [0.15, 0.2) is 0 Å². The number of aromatic nitrogens is 1. The minimum Gasteiger partial charge on any atom is -0.295 e. The molecule has 1 fully saturated rings. The number of hydrogen-bond donors (Lipinski definition) is 1. The molecule has 180 valence electrons. The minimum absolute atomic E-state index is 0.205. The van der Waals surface area contributed by atoms with Gasteiger partial charge >= 0.3 is 6.03 Å². The lowest BCUT2D eigenvalue weighted by atomic mass is 9.80. The Labute approximate surface area is 219 Å².